The summed E-state index contributed by atoms with van der Waals surface area (Å²) >= 11 is 0. The predicted octanol–water partition coefficient (Wildman–Crippen LogP) is 2.28. The first kappa shape index (κ1) is 12.3. The molecule has 0 aliphatic carbocycles. The fraction of sp³-hybridized carbons (Fsp3) is 0.154. The summed E-state index contributed by atoms with van der Waals surface area (Å²) in [6.45, 7) is 0.285. The molecule has 0 atom stereocenters. The molecular weight excluding hydrogens is 238 g/mol. The first-order valence-electron chi connectivity index (χ1n) is 5.40. The molecule has 0 saturated carbocycles. The van der Waals surface area contributed by atoms with Crippen LogP contribution in [0.4, 0.5) is 14.5 Å². The number of nitrogens with one attached hydrogen (secondary N) is 1. The zero-order chi connectivity index (χ0) is 13.1. The summed E-state index contributed by atoms with van der Waals surface area (Å²) in [6, 6.07) is 6.40. The highest BCUT2D eigenvalue weighted by molar-refractivity contribution is 5.41. The molecule has 5 heteroatoms. The van der Waals surface area contributed by atoms with Gasteiger partial charge in [0.2, 0.25) is 5.56 Å². The normalized spacial score (nSPS) is 10.4. The minimum Gasteiger partial charge on any atom is -0.380 e. The van der Waals surface area contributed by atoms with E-state index in [1.54, 1.807) is 19.3 Å². The van der Waals surface area contributed by atoms with Crippen LogP contribution in [0, 0.1) is 11.6 Å². The van der Waals surface area contributed by atoms with Crippen molar-refractivity contribution in [3.05, 3.63) is 64.1 Å². The van der Waals surface area contributed by atoms with Gasteiger partial charge in [0.05, 0.1) is 5.69 Å². The summed E-state index contributed by atoms with van der Waals surface area (Å²) in [5, 5.41) is 2.99. The number of aromatic nitrogens is 1. The molecule has 1 N–H and O–H groups in total. The lowest BCUT2D eigenvalue weighted by Crippen LogP contribution is -2.15. The Morgan fingerprint density at radius 1 is 1.17 bits per heavy atom. The van der Waals surface area contributed by atoms with Crippen molar-refractivity contribution < 1.29 is 8.78 Å². The molecule has 0 saturated heterocycles. The number of hydrogen-bond acceptors (Lipinski definition) is 2. The molecule has 0 spiro atoms. The molecule has 3 nitrogen and oxygen atoms in total. The van der Waals surface area contributed by atoms with E-state index in [0.717, 1.165) is 6.07 Å². The Bertz CT molecular complexity index is 602. The molecule has 1 aromatic carbocycles. The summed E-state index contributed by atoms with van der Waals surface area (Å²) in [5.41, 5.74) is 1.10. The van der Waals surface area contributed by atoms with Crippen LogP contribution in [0.15, 0.2) is 41.3 Å². The van der Waals surface area contributed by atoms with Crippen molar-refractivity contribution in [1.82, 2.24) is 4.57 Å². The van der Waals surface area contributed by atoms with Crippen molar-refractivity contribution >= 4 is 5.69 Å². The number of aryl methyl sites for hydroxylation is 1. The Kier molecular flexibility index (Phi) is 3.41. The second kappa shape index (κ2) is 5.00. The van der Waals surface area contributed by atoms with Gasteiger partial charge in [-0.1, -0.05) is 0 Å². The zero-order valence-electron chi connectivity index (χ0n) is 9.78. The van der Waals surface area contributed by atoms with Crippen LogP contribution in [-0.2, 0) is 13.6 Å². The lowest BCUT2D eigenvalue weighted by Gasteiger charge is -2.08. The quantitative estimate of drug-likeness (QED) is 0.906. The maximum atomic E-state index is 13.0. The van der Waals surface area contributed by atoms with E-state index in [0.29, 0.717) is 11.3 Å². The van der Waals surface area contributed by atoms with Crippen molar-refractivity contribution in [3.63, 3.8) is 0 Å². The van der Waals surface area contributed by atoms with E-state index in [9.17, 15) is 13.6 Å². The van der Waals surface area contributed by atoms with Gasteiger partial charge in [0, 0.05) is 31.9 Å². The van der Waals surface area contributed by atoms with E-state index >= 15 is 0 Å². The van der Waals surface area contributed by atoms with Crippen molar-refractivity contribution in [2.24, 2.45) is 7.05 Å². The maximum absolute atomic E-state index is 13.0. The van der Waals surface area contributed by atoms with Crippen LogP contribution >= 0.6 is 0 Å². The molecule has 0 aliphatic heterocycles. The standard InChI is InChI=1S/C13H12F2N2O/c1-17-8-12(2-3-13(17)18)16-7-9-4-10(14)6-11(15)5-9/h2-6,8,16H,7H2,1H3. The molecule has 0 aliphatic rings. The van der Waals surface area contributed by atoms with Crippen LogP contribution in [0.5, 0.6) is 0 Å². The minimum absolute atomic E-state index is 0.114. The third-order valence-electron chi connectivity index (χ3n) is 2.50. The monoisotopic (exact) mass is 250 g/mol. The van der Waals surface area contributed by atoms with Crippen LogP contribution in [0.3, 0.4) is 0 Å². The van der Waals surface area contributed by atoms with Gasteiger partial charge in [-0.25, -0.2) is 8.78 Å². The third-order valence-corrected chi connectivity index (χ3v) is 2.50. The predicted molar refractivity (Wildman–Crippen MR) is 65.4 cm³/mol. The number of rotatable bonds is 3. The summed E-state index contributed by atoms with van der Waals surface area (Å²) in [4.78, 5) is 11.2. The molecule has 0 bridgehead atoms. The second-order valence-electron chi connectivity index (χ2n) is 4.00. The van der Waals surface area contributed by atoms with Crippen molar-refractivity contribution in [1.29, 1.82) is 0 Å². The maximum Gasteiger partial charge on any atom is 0.250 e. The van der Waals surface area contributed by atoms with Gasteiger partial charge in [-0.3, -0.25) is 4.79 Å². The highest BCUT2D eigenvalue weighted by Crippen LogP contribution is 2.10. The molecular formula is C13H12F2N2O. The van der Waals surface area contributed by atoms with E-state index in [1.807, 2.05) is 0 Å². The first-order valence-corrected chi connectivity index (χ1v) is 5.40. The lowest BCUT2D eigenvalue weighted by atomic mass is 10.2. The van der Waals surface area contributed by atoms with Gasteiger partial charge < -0.3 is 9.88 Å². The summed E-state index contributed by atoms with van der Waals surface area (Å²) in [6.07, 6.45) is 1.62. The number of halogens is 2. The van der Waals surface area contributed by atoms with Crippen LogP contribution in [0.1, 0.15) is 5.56 Å². The Balaban J connectivity index is 2.11. The number of pyridine rings is 1. The molecule has 0 radical (unpaired) electrons. The van der Waals surface area contributed by atoms with Gasteiger partial charge in [0.1, 0.15) is 11.6 Å². The molecule has 0 amide bonds. The number of hydrogen-bond donors (Lipinski definition) is 1. The van der Waals surface area contributed by atoms with Gasteiger partial charge in [-0.05, 0) is 23.8 Å². The van der Waals surface area contributed by atoms with E-state index in [4.69, 9.17) is 0 Å². The Morgan fingerprint density at radius 3 is 2.44 bits per heavy atom. The van der Waals surface area contributed by atoms with Gasteiger partial charge in [-0.15, -0.1) is 0 Å². The second-order valence-corrected chi connectivity index (χ2v) is 4.00. The zero-order valence-corrected chi connectivity index (χ0v) is 9.78. The average molecular weight is 250 g/mol. The molecule has 2 aromatic rings. The van der Waals surface area contributed by atoms with E-state index in [1.165, 1.54) is 22.8 Å². The number of anilines is 1. The topological polar surface area (TPSA) is 34.0 Å². The molecule has 94 valence electrons. The van der Waals surface area contributed by atoms with E-state index in [2.05, 4.69) is 5.32 Å². The van der Waals surface area contributed by atoms with Crippen molar-refractivity contribution in [2.45, 2.75) is 6.54 Å². The Labute approximate surface area is 103 Å². The highest BCUT2D eigenvalue weighted by atomic mass is 19.1. The van der Waals surface area contributed by atoms with Gasteiger partial charge >= 0.3 is 0 Å². The SMILES string of the molecule is Cn1cc(NCc2cc(F)cc(F)c2)ccc1=O. The van der Waals surface area contributed by atoms with Crippen molar-refractivity contribution in [3.8, 4) is 0 Å². The smallest absolute Gasteiger partial charge is 0.250 e. The Hall–Kier alpha value is -2.17. The van der Waals surface area contributed by atoms with Crippen LogP contribution < -0.4 is 10.9 Å². The van der Waals surface area contributed by atoms with Gasteiger partial charge in [0.25, 0.3) is 0 Å². The molecule has 1 heterocycles. The fourth-order valence-corrected chi connectivity index (χ4v) is 1.62. The van der Waals surface area contributed by atoms with Crippen LogP contribution in [0.2, 0.25) is 0 Å². The fourth-order valence-electron chi connectivity index (χ4n) is 1.62. The first-order chi connectivity index (χ1) is 8.54. The van der Waals surface area contributed by atoms with Crippen molar-refractivity contribution in [2.75, 3.05) is 5.32 Å². The average Bonchev–Trinajstić information content (AvgIpc) is 2.29. The van der Waals surface area contributed by atoms with E-state index in [-0.39, 0.29) is 12.1 Å². The number of nitrogens with zero attached hydrogens (tertiary/aromatic N) is 1. The summed E-state index contributed by atoms with van der Waals surface area (Å²) < 4.78 is 27.3. The molecule has 0 unspecified atom stereocenters. The Morgan fingerprint density at radius 2 is 1.83 bits per heavy atom. The number of benzene rings is 1. The minimum atomic E-state index is -0.604. The van der Waals surface area contributed by atoms with E-state index < -0.39 is 11.6 Å². The molecule has 0 fully saturated rings. The van der Waals surface area contributed by atoms with Gasteiger partial charge in [0.15, 0.2) is 0 Å². The summed E-state index contributed by atoms with van der Waals surface area (Å²) in [7, 11) is 1.63. The third kappa shape index (κ3) is 2.94. The lowest BCUT2D eigenvalue weighted by molar-refractivity contribution is 0.580. The van der Waals surface area contributed by atoms with Gasteiger partial charge in [-0.2, -0.15) is 0 Å². The highest BCUT2D eigenvalue weighted by Gasteiger charge is 2.01. The molecule has 2 rings (SSSR count). The molecule has 1 aromatic heterocycles. The van der Waals surface area contributed by atoms with Crippen LogP contribution in [-0.4, -0.2) is 4.57 Å². The summed E-state index contributed by atoms with van der Waals surface area (Å²) in [5.74, 6) is -1.21. The largest absolute Gasteiger partial charge is 0.380 e. The van der Waals surface area contributed by atoms with Crippen LogP contribution in [0.25, 0.3) is 0 Å². The molecule has 18 heavy (non-hydrogen) atoms.